The van der Waals surface area contributed by atoms with E-state index < -0.39 is 36.4 Å². The van der Waals surface area contributed by atoms with E-state index in [0.29, 0.717) is 16.5 Å². The van der Waals surface area contributed by atoms with Crippen LogP contribution in [0.4, 0.5) is 32.4 Å². The van der Waals surface area contributed by atoms with Crippen molar-refractivity contribution >= 4 is 27.7 Å². The van der Waals surface area contributed by atoms with Crippen LogP contribution >= 0.6 is 15.9 Å². The van der Waals surface area contributed by atoms with Crippen LogP contribution in [-0.2, 0) is 17.8 Å². The molecule has 0 radical (unpaired) electrons. The van der Waals surface area contributed by atoms with Crippen LogP contribution in [0, 0.1) is 11.6 Å². The molecule has 0 bridgehead atoms. The zero-order valence-electron chi connectivity index (χ0n) is 13.7. The SMILES string of the molecule is O=C(OCc1ccccc1)N1c2c(Br)cc(F)c(F)c2CCC1C(F)(F)F. The quantitative estimate of drug-likeness (QED) is 0.431. The molecule has 1 aliphatic rings. The van der Waals surface area contributed by atoms with Crippen molar-refractivity contribution in [3.05, 3.63) is 63.6 Å². The molecule has 3 nitrogen and oxygen atoms in total. The van der Waals surface area contributed by atoms with Gasteiger partial charge >= 0.3 is 12.3 Å². The van der Waals surface area contributed by atoms with Gasteiger partial charge in [-0.1, -0.05) is 30.3 Å². The minimum Gasteiger partial charge on any atom is -0.444 e. The van der Waals surface area contributed by atoms with E-state index in [1.165, 1.54) is 0 Å². The molecule has 27 heavy (non-hydrogen) atoms. The van der Waals surface area contributed by atoms with Crippen LogP contribution in [0.15, 0.2) is 40.9 Å². The van der Waals surface area contributed by atoms with Crippen LogP contribution in [0.5, 0.6) is 0 Å². The first-order valence-electron chi connectivity index (χ1n) is 7.93. The molecule has 0 saturated carbocycles. The molecule has 9 heteroatoms. The molecule has 144 valence electrons. The first-order chi connectivity index (χ1) is 12.7. The Kier molecular flexibility index (Phi) is 5.41. The second-order valence-electron chi connectivity index (χ2n) is 5.99. The van der Waals surface area contributed by atoms with Crippen molar-refractivity contribution in [2.45, 2.75) is 31.7 Å². The Morgan fingerprint density at radius 1 is 1.22 bits per heavy atom. The normalized spacial score (nSPS) is 16.8. The van der Waals surface area contributed by atoms with Crippen LogP contribution < -0.4 is 4.90 Å². The van der Waals surface area contributed by atoms with Crippen molar-refractivity contribution < 1.29 is 31.5 Å². The maximum atomic E-state index is 14.1. The Balaban J connectivity index is 1.98. The van der Waals surface area contributed by atoms with Gasteiger partial charge in [0.1, 0.15) is 12.6 Å². The molecule has 0 aromatic heterocycles. The molecular formula is C18H13BrF5NO2. The Morgan fingerprint density at radius 3 is 2.52 bits per heavy atom. The van der Waals surface area contributed by atoms with E-state index in [2.05, 4.69) is 15.9 Å². The van der Waals surface area contributed by atoms with E-state index in [1.54, 1.807) is 30.3 Å². The third-order valence-corrected chi connectivity index (χ3v) is 4.84. The van der Waals surface area contributed by atoms with Crippen molar-refractivity contribution in [2.24, 2.45) is 0 Å². The Bertz CT molecular complexity index is 857. The third kappa shape index (κ3) is 3.92. The molecule has 0 saturated heterocycles. The zero-order chi connectivity index (χ0) is 19.8. The maximum absolute atomic E-state index is 14.1. The summed E-state index contributed by atoms with van der Waals surface area (Å²) in [5.74, 6) is -2.47. The number of hydrogen-bond donors (Lipinski definition) is 0. The molecule has 1 unspecified atom stereocenters. The molecule has 1 aliphatic heterocycles. The van der Waals surface area contributed by atoms with Gasteiger partial charge in [-0.25, -0.2) is 13.6 Å². The molecule has 0 spiro atoms. The van der Waals surface area contributed by atoms with Gasteiger partial charge in [0.15, 0.2) is 11.6 Å². The highest BCUT2D eigenvalue weighted by atomic mass is 79.9. The number of alkyl halides is 3. The average Bonchev–Trinajstić information content (AvgIpc) is 2.63. The Hall–Kier alpha value is -2.16. The zero-order valence-corrected chi connectivity index (χ0v) is 15.3. The number of nitrogens with zero attached hydrogens (tertiary/aromatic N) is 1. The van der Waals surface area contributed by atoms with Gasteiger partial charge in [0, 0.05) is 10.0 Å². The summed E-state index contributed by atoms with van der Waals surface area (Å²) in [6, 6.07) is 6.89. The number of carbonyl (C=O) groups excluding carboxylic acids is 1. The molecule has 2 aromatic carbocycles. The standard InChI is InChI=1S/C18H13BrF5NO2/c19-12-8-13(20)15(21)11-6-7-14(18(22,23)24)25(16(11)12)17(26)27-9-10-4-2-1-3-5-10/h1-5,8,14H,6-7,9H2. The predicted molar refractivity (Wildman–Crippen MR) is 91.3 cm³/mol. The summed E-state index contributed by atoms with van der Waals surface area (Å²) in [5, 5.41) is 0. The first kappa shape index (κ1) is 19.6. The number of anilines is 1. The third-order valence-electron chi connectivity index (χ3n) is 4.24. The molecule has 0 N–H and O–H groups in total. The highest BCUT2D eigenvalue weighted by Crippen LogP contribution is 2.44. The van der Waals surface area contributed by atoms with Crippen LogP contribution in [0.1, 0.15) is 17.5 Å². The summed E-state index contributed by atoms with van der Waals surface area (Å²) in [6.07, 6.45) is -6.99. The smallest absolute Gasteiger partial charge is 0.415 e. The number of fused-ring (bicyclic) bond motifs is 1. The molecule has 1 heterocycles. The van der Waals surface area contributed by atoms with Crippen molar-refractivity contribution in [2.75, 3.05) is 4.90 Å². The summed E-state index contributed by atoms with van der Waals surface area (Å²) >= 11 is 2.94. The Labute approximate surface area is 159 Å². The van der Waals surface area contributed by atoms with E-state index >= 15 is 0 Å². The van der Waals surface area contributed by atoms with Crippen LogP contribution in [0.25, 0.3) is 0 Å². The van der Waals surface area contributed by atoms with Crippen molar-refractivity contribution in [1.29, 1.82) is 0 Å². The van der Waals surface area contributed by atoms with E-state index in [4.69, 9.17) is 4.74 Å². The van der Waals surface area contributed by atoms with Crippen molar-refractivity contribution in [3.63, 3.8) is 0 Å². The van der Waals surface area contributed by atoms with Gasteiger partial charge in [0.2, 0.25) is 0 Å². The number of halogens is 6. The second kappa shape index (κ2) is 7.46. The number of ether oxygens (including phenoxy) is 1. The molecule has 0 fully saturated rings. The lowest BCUT2D eigenvalue weighted by atomic mass is 9.95. The number of benzene rings is 2. The van der Waals surface area contributed by atoms with Crippen molar-refractivity contribution in [3.8, 4) is 0 Å². The lowest BCUT2D eigenvalue weighted by molar-refractivity contribution is -0.150. The van der Waals surface area contributed by atoms with Gasteiger partial charge in [-0.2, -0.15) is 13.2 Å². The number of hydrogen-bond acceptors (Lipinski definition) is 2. The highest BCUT2D eigenvalue weighted by Gasteiger charge is 2.50. The number of carbonyl (C=O) groups is 1. The second-order valence-corrected chi connectivity index (χ2v) is 6.84. The molecule has 1 atom stereocenters. The summed E-state index contributed by atoms with van der Waals surface area (Å²) in [6.45, 7) is -0.253. The van der Waals surface area contributed by atoms with Gasteiger partial charge < -0.3 is 4.74 Å². The van der Waals surface area contributed by atoms with Gasteiger partial charge in [0.05, 0.1) is 5.69 Å². The first-order valence-corrected chi connectivity index (χ1v) is 8.72. The summed E-state index contributed by atoms with van der Waals surface area (Å²) in [7, 11) is 0. The lowest BCUT2D eigenvalue weighted by Crippen LogP contribution is -2.52. The van der Waals surface area contributed by atoms with Crippen molar-refractivity contribution in [1.82, 2.24) is 0 Å². The summed E-state index contributed by atoms with van der Waals surface area (Å²) in [4.78, 5) is 12.9. The summed E-state index contributed by atoms with van der Waals surface area (Å²) < 4.78 is 73.1. The van der Waals surface area contributed by atoms with Gasteiger partial charge in [-0.3, -0.25) is 4.90 Å². The highest BCUT2D eigenvalue weighted by molar-refractivity contribution is 9.10. The van der Waals surface area contributed by atoms with E-state index in [1.807, 2.05) is 0 Å². The molecular weight excluding hydrogens is 437 g/mol. The predicted octanol–water partition coefficient (Wildman–Crippen LogP) is 5.75. The molecule has 0 aliphatic carbocycles. The van der Waals surface area contributed by atoms with Gasteiger partial charge in [-0.05, 0) is 40.4 Å². The van der Waals surface area contributed by atoms with Crippen LogP contribution in [-0.4, -0.2) is 18.3 Å². The fraction of sp³-hybridized carbons (Fsp3) is 0.278. The maximum Gasteiger partial charge on any atom is 0.415 e. The van der Waals surface area contributed by atoms with Crippen LogP contribution in [0.2, 0.25) is 0 Å². The molecule has 1 amide bonds. The van der Waals surface area contributed by atoms with E-state index in [9.17, 15) is 26.7 Å². The molecule has 3 rings (SSSR count). The minimum atomic E-state index is -4.76. The topological polar surface area (TPSA) is 29.5 Å². The summed E-state index contributed by atoms with van der Waals surface area (Å²) in [5.41, 5.74) is -0.0735. The molecule has 2 aromatic rings. The van der Waals surface area contributed by atoms with Gasteiger partial charge in [0.25, 0.3) is 0 Å². The largest absolute Gasteiger partial charge is 0.444 e. The number of rotatable bonds is 2. The monoisotopic (exact) mass is 449 g/mol. The number of amides is 1. The lowest BCUT2D eigenvalue weighted by Gasteiger charge is -2.38. The van der Waals surface area contributed by atoms with Gasteiger partial charge in [-0.15, -0.1) is 0 Å². The van der Waals surface area contributed by atoms with E-state index in [-0.39, 0.29) is 28.8 Å². The van der Waals surface area contributed by atoms with E-state index in [0.717, 1.165) is 0 Å². The minimum absolute atomic E-state index is 0.151. The fourth-order valence-corrected chi connectivity index (χ4v) is 3.64. The average molecular weight is 450 g/mol. The van der Waals surface area contributed by atoms with Crippen LogP contribution in [0.3, 0.4) is 0 Å². The fourth-order valence-electron chi connectivity index (χ4n) is 3.01. The Morgan fingerprint density at radius 2 is 1.89 bits per heavy atom.